The highest BCUT2D eigenvalue weighted by Gasteiger charge is 2.47. The van der Waals surface area contributed by atoms with Crippen molar-refractivity contribution in [2.24, 2.45) is 5.41 Å². The fourth-order valence-electron chi connectivity index (χ4n) is 7.27. The summed E-state index contributed by atoms with van der Waals surface area (Å²) in [4.78, 5) is 40.6. The van der Waals surface area contributed by atoms with Crippen molar-refractivity contribution in [3.05, 3.63) is 65.5 Å². The van der Waals surface area contributed by atoms with Crippen LogP contribution in [0.4, 0.5) is 14.9 Å². The zero-order valence-corrected chi connectivity index (χ0v) is 23.4. The van der Waals surface area contributed by atoms with Crippen molar-refractivity contribution in [3.8, 4) is 0 Å². The van der Waals surface area contributed by atoms with Crippen molar-refractivity contribution in [1.29, 1.82) is 0 Å². The highest BCUT2D eigenvalue weighted by atomic mass is 19.1. The maximum absolute atomic E-state index is 15.1. The van der Waals surface area contributed by atoms with Gasteiger partial charge in [-0.05, 0) is 86.7 Å². The minimum atomic E-state index is -0.473. The van der Waals surface area contributed by atoms with E-state index in [0.717, 1.165) is 70.3 Å². The molecule has 3 amide bonds. The number of hydrogen-bond donors (Lipinski definition) is 2. The van der Waals surface area contributed by atoms with Crippen LogP contribution in [0.5, 0.6) is 0 Å². The third-order valence-corrected chi connectivity index (χ3v) is 9.69. The van der Waals surface area contributed by atoms with Crippen molar-refractivity contribution in [3.63, 3.8) is 0 Å². The summed E-state index contributed by atoms with van der Waals surface area (Å²) in [5.41, 5.74) is 2.54. The van der Waals surface area contributed by atoms with Crippen LogP contribution in [0.3, 0.4) is 0 Å². The summed E-state index contributed by atoms with van der Waals surface area (Å²) in [6.07, 6.45) is 6.72. The largest absolute Gasteiger partial charge is 0.445 e. The lowest BCUT2D eigenvalue weighted by Gasteiger charge is -2.53. The van der Waals surface area contributed by atoms with Crippen LogP contribution >= 0.6 is 0 Å². The second-order valence-electron chi connectivity index (χ2n) is 12.3. The van der Waals surface area contributed by atoms with Crippen LogP contribution in [-0.4, -0.2) is 61.1 Å². The first-order chi connectivity index (χ1) is 19.9. The van der Waals surface area contributed by atoms with Gasteiger partial charge in [-0.2, -0.15) is 0 Å². The average molecular weight is 563 g/mol. The molecule has 9 heteroatoms. The number of ether oxygens (including phenoxy) is 1. The van der Waals surface area contributed by atoms with Crippen molar-refractivity contribution in [1.82, 2.24) is 15.5 Å². The summed E-state index contributed by atoms with van der Waals surface area (Å²) in [6, 6.07) is 15.5. The molecule has 1 unspecified atom stereocenters. The molecule has 1 aliphatic carbocycles. The molecule has 1 spiro atoms. The number of anilines is 1. The monoisotopic (exact) mass is 562 g/mol. The van der Waals surface area contributed by atoms with Crippen LogP contribution in [0.2, 0.25) is 0 Å². The molecule has 1 atom stereocenters. The number of carbonyl (C=O) groups is 3. The molecule has 218 valence electrons. The molecule has 3 aliphatic heterocycles. The number of nitrogens with one attached hydrogen (secondary N) is 2. The molecule has 3 heterocycles. The molecule has 1 saturated carbocycles. The minimum absolute atomic E-state index is 0.198. The van der Waals surface area contributed by atoms with Gasteiger partial charge < -0.3 is 19.9 Å². The van der Waals surface area contributed by atoms with Crippen LogP contribution < -0.4 is 15.5 Å². The molecule has 0 radical (unpaired) electrons. The smallest absolute Gasteiger partial charge is 0.407 e. The van der Waals surface area contributed by atoms with Crippen molar-refractivity contribution < 1.29 is 23.5 Å². The predicted molar refractivity (Wildman–Crippen MR) is 153 cm³/mol. The van der Waals surface area contributed by atoms with E-state index in [-0.39, 0.29) is 36.2 Å². The Hall–Kier alpha value is -3.46. The lowest BCUT2D eigenvalue weighted by molar-refractivity contribution is -0.134. The molecule has 3 saturated heterocycles. The summed E-state index contributed by atoms with van der Waals surface area (Å²) < 4.78 is 20.5. The molecular formula is C32H39FN4O4. The molecule has 0 aromatic heterocycles. The number of halogens is 1. The van der Waals surface area contributed by atoms with Crippen molar-refractivity contribution in [2.75, 3.05) is 31.1 Å². The summed E-state index contributed by atoms with van der Waals surface area (Å²) in [5, 5.41) is 5.40. The topological polar surface area (TPSA) is 91.0 Å². The Balaban J connectivity index is 0.924. The standard InChI is InChI=1S/C32H39FN4O4/c33-27-18-23(26-7-9-29(38)35-30(26)39)6-8-28(27)37-14-10-25(11-15-37)36-16-12-32(13-17-36)19-24(20-32)34-31(40)41-21-22-4-2-1-3-5-22/h1-6,8,18,24-26H,7,9-17,19-21H2,(H,34,40)(H,35,38,39). The van der Waals surface area contributed by atoms with Gasteiger partial charge in [-0.3, -0.25) is 14.9 Å². The van der Waals surface area contributed by atoms with Crippen LogP contribution in [-0.2, 0) is 20.9 Å². The van der Waals surface area contributed by atoms with E-state index in [9.17, 15) is 14.4 Å². The molecule has 2 aromatic rings. The Morgan fingerprint density at radius 3 is 2.41 bits per heavy atom. The number of likely N-dealkylation sites (tertiary alicyclic amines) is 1. The number of nitrogens with zero attached hydrogens (tertiary/aromatic N) is 2. The van der Waals surface area contributed by atoms with E-state index in [0.29, 0.717) is 35.7 Å². The molecule has 6 rings (SSSR count). The van der Waals surface area contributed by atoms with Gasteiger partial charge in [0, 0.05) is 31.6 Å². The van der Waals surface area contributed by atoms with Crippen molar-refractivity contribution >= 4 is 23.6 Å². The number of benzene rings is 2. The van der Waals surface area contributed by atoms with Crippen LogP contribution in [0.15, 0.2) is 48.5 Å². The minimum Gasteiger partial charge on any atom is -0.445 e. The van der Waals surface area contributed by atoms with Gasteiger partial charge in [-0.1, -0.05) is 36.4 Å². The zero-order valence-electron chi connectivity index (χ0n) is 23.4. The average Bonchev–Trinajstić information content (AvgIpc) is 2.96. The number of piperidine rings is 3. The predicted octanol–water partition coefficient (Wildman–Crippen LogP) is 4.49. The SMILES string of the molecule is O=C1CCC(c2ccc(N3CCC(N4CCC5(CC4)CC(NC(=O)OCc4ccccc4)C5)CC3)c(F)c2)C(=O)N1. The third-order valence-electron chi connectivity index (χ3n) is 9.69. The van der Waals surface area contributed by atoms with E-state index in [4.69, 9.17) is 4.74 Å². The second kappa shape index (κ2) is 11.8. The Morgan fingerprint density at radius 2 is 1.73 bits per heavy atom. The van der Waals surface area contributed by atoms with E-state index in [1.54, 1.807) is 6.07 Å². The molecule has 4 fully saturated rings. The number of hydrogen-bond acceptors (Lipinski definition) is 6. The van der Waals surface area contributed by atoms with E-state index in [2.05, 4.69) is 20.4 Å². The van der Waals surface area contributed by atoms with Gasteiger partial charge in [0.1, 0.15) is 12.4 Å². The molecule has 4 aliphatic rings. The zero-order chi connectivity index (χ0) is 28.4. The molecule has 2 aromatic carbocycles. The van der Waals surface area contributed by atoms with E-state index < -0.39 is 5.92 Å². The number of alkyl carbamates (subject to hydrolysis) is 1. The number of carbonyl (C=O) groups excluding carboxylic acids is 3. The molecule has 0 bridgehead atoms. The van der Waals surface area contributed by atoms with Gasteiger partial charge in [0.25, 0.3) is 0 Å². The molecular weight excluding hydrogens is 523 g/mol. The first-order valence-electron chi connectivity index (χ1n) is 15.0. The Morgan fingerprint density at radius 1 is 1.00 bits per heavy atom. The fourth-order valence-corrected chi connectivity index (χ4v) is 7.27. The van der Waals surface area contributed by atoms with Gasteiger partial charge in [-0.15, -0.1) is 0 Å². The third kappa shape index (κ3) is 6.25. The Kier molecular flexibility index (Phi) is 7.97. The van der Waals surface area contributed by atoms with Crippen molar-refractivity contribution in [2.45, 2.75) is 76.0 Å². The van der Waals surface area contributed by atoms with Gasteiger partial charge in [0.15, 0.2) is 0 Å². The maximum Gasteiger partial charge on any atom is 0.407 e. The quantitative estimate of drug-likeness (QED) is 0.505. The van der Waals surface area contributed by atoms with Gasteiger partial charge in [0.05, 0.1) is 11.6 Å². The Bertz CT molecular complexity index is 1260. The maximum atomic E-state index is 15.1. The van der Waals surface area contributed by atoms with E-state index in [1.165, 1.54) is 6.07 Å². The van der Waals surface area contributed by atoms with Crippen LogP contribution in [0.25, 0.3) is 0 Å². The number of rotatable bonds is 6. The molecule has 41 heavy (non-hydrogen) atoms. The van der Waals surface area contributed by atoms with Crippen LogP contribution in [0.1, 0.15) is 68.4 Å². The Labute approximate surface area is 240 Å². The first-order valence-corrected chi connectivity index (χ1v) is 15.0. The highest BCUT2D eigenvalue weighted by molar-refractivity contribution is 6.00. The second-order valence-corrected chi connectivity index (χ2v) is 12.3. The van der Waals surface area contributed by atoms with E-state index in [1.807, 2.05) is 36.4 Å². The van der Waals surface area contributed by atoms with Gasteiger partial charge >= 0.3 is 6.09 Å². The fraction of sp³-hybridized carbons (Fsp3) is 0.531. The summed E-state index contributed by atoms with van der Waals surface area (Å²) >= 11 is 0. The summed E-state index contributed by atoms with van der Waals surface area (Å²) in [6.45, 7) is 4.05. The number of amides is 3. The van der Waals surface area contributed by atoms with Crippen LogP contribution in [0, 0.1) is 11.2 Å². The lowest BCUT2D eigenvalue weighted by atomic mass is 9.60. The summed E-state index contributed by atoms with van der Waals surface area (Å²) in [7, 11) is 0. The highest BCUT2D eigenvalue weighted by Crippen LogP contribution is 2.49. The van der Waals surface area contributed by atoms with E-state index >= 15 is 4.39 Å². The first kappa shape index (κ1) is 27.7. The van der Waals surface area contributed by atoms with Gasteiger partial charge in [0.2, 0.25) is 11.8 Å². The molecule has 8 nitrogen and oxygen atoms in total. The number of imide groups is 1. The molecule has 2 N–H and O–H groups in total. The normalized spacial score (nSPS) is 23.6. The lowest BCUT2D eigenvalue weighted by Crippen LogP contribution is -2.57. The van der Waals surface area contributed by atoms with Gasteiger partial charge in [-0.25, -0.2) is 9.18 Å². The summed E-state index contributed by atoms with van der Waals surface area (Å²) in [5.74, 6) is -1.38.